The maximum absolute atomic E-state index is 10.5. The van der Waals surface area contributed by atoms with Gasteiger partial charge in [0, 0.05) is 11.6 Å². The fourth-order valence-corrected chi connectivity index (χ4v) is 2.31. The number of hydrogen-bond donors (Lipinski definition) is 1. The summed E-state index contributed by atoms with van der Waals surface area (Å²) < 4.78 is 0. The standard InChI is InChI=1S/C15H19NO/c1-11(2)10-15(3,17)13-7-6-12-5-4-8-16-14(12)9-13/h4-9,11,17H,10H2,1-3H3. The molecule has 0 spiro atoms. The molecule has 17 heavy (non-hydrogen) atoms. The Balaban J connectivity index is 2.42. The first-order valence-electron chi connectivity index (χ1n) is 6.07. The molecule has 90 valence electrons. The van der Waals surface area contributed by atoms with Crippen LogP contribution in [-0.4, -0.2) is 10.1 Å². The van der Waals surface area contributed by atoms with Crippen LogP contribution < -0.4 is 0 Å². The van der Waals surface area contributed by atoms with E-state index in [2.05, 4.69) is 18.8 Å². The Morgan fingerprint density at radius 1 is 1.29 bits per heavy atom. The summed E-state index contributed by atoms with van der Waals surface area (Å²) in [7, 11) is 0. The molecule has 2 aromatic rings. The van der Waals surface area contributed by atoms with Crippen LogP contribution in [0.5, 0.6) is 0 Å². The fraction of sp³-hybridized carbons (Fsp3) is 0.400. The normalized spacial score (nSPS) is 15.1. The van der Waals surface area contributed by atoms with Crippen LogP contribution in [0.25, 0.3) is 10.9 Å². The van der Waals surface area contributed by atoms with Crippen LogP contribution in [0.4, 0.5) is 0 Å². The highest BCUT2D eigenvalue weighted by Crippen LogP contribution is 2.29. The molecule has 0 bridgehead atoms. The molecule has 0 amide bonds. The Kier molecular flexibility index (Phi) is 3.16. The number of benzene rings is 1. The molecule has 0 aliphatic carbocycles. The Morgan fingerprint density at radius 2 is 2.06 bits per heavy atom. The highest BCUT2D eigenvalue weighted by atomic mass is 16.3. The van der Waals surface area contributed by atoms with E-state index in [1.54, 1.807) is 6.20 Å². The summed E-state index contributed by atoms with van der Waals surface area (Å²) in [6, 6.07) is 9.95. The summed E-state index contributed by atoms with van der Waals surface area (Å²) in [4.78, 5) is 4.32. The first-order valence-corrected chi connectivity index (χ1v) is 6.07. The quantitative estimate of drug-likeness (QED) is 0.874. The lowest BCUT2D eigenvalue weighted by Crippen LogP contribution is -2.23. The zero-order chi connectivity index (χ0) is 12.5. The summed E-state index contributed by atoms with van der Waals surface area (Å²) >= 11 is 0. The molecule has 2 nitrogen and oxygen atoms in total. The zero-order valence-corrected chi connectivity index (χ0v) is 10.6. The van der Waals surface area contributed by atoms with Gasteiger partial charge in [0.1, 0.15) is 0 Å². The summed E-state index contributed by atoms with van der Waals surface area (Å²) in [6.07, 6.45) is 2.54. The molecule has 1 aromatic heterocycles. The molecule has 0 saturated heterocycles. The average molecular weight is 229 g/mol. The van der Waals surface area contributed by atoms with E-state index in [1.165, 1.54) is 0 Å². The van der Waals surface area contributed by atoms with E-state index in [4.69, 9.17) is 0 Å². The topological polar surface area (TPSA) is 33.1 Å². The van der Waals surface area contributed by atoms with Gasteiger partial charge in [-0.2, -0.15) is 0 Å². The number of hydrogen-bond acceptors (Lipinski definition) is 2. The Bertz CT molecular complexity index is 517. The lowest BCUT2D eigenvalue weighted by molar-refractivity contribution is 0.0350. The SMILES string of the molecule is CC(C)CC(C)(O)c1ccc2cccnc2c1. The van der Waals surface area contributed by atoms with Crippen LogP contribution in [0.3, 0.4) is 0 Å². The summed E-state index contributed by atoms with van der Waals surface area (Å²) in [5.41, 5.74) is 1.10. The van der Waals surface area contributed by atoms with Crippen LogP contribution in [0.15, 0.2) is 36.5 Å². The summed E-state index contributed by atoms with van der Waals surface area (Å²) in [5.74, 6) is 0.462. The van der Waals surface area contributed by atoms with Crippen molar-refractivity contribution in [3.8, 4) is 0 Å². The Hall–Kier alpha value is -1.41. The number of nitrogens with zero attached hydrogens (tertiary/aromatic N) is 1. The molecule has 0 aliphatic heterocycles. The molecule has 1 N–H and O–H groups in total. The van der Waals surface area contributed by atoms with Crippen LogP contribution in [0, 0.1) is 5.92 Å². The molecule has 2 heteroatoms. The highest BCUT2D eigenvalue weighted by molar-refractivity contribution is 5.79. The third-order valence-corrected chi connectivity index (χ3v) is 3.03. The van der Waals surface area contributed by atoms with Crippen molar-refractivity contribution in [3.63, 3.8) is 0 Å². The van der Waals surface area contributed by atoms with Gasteiger partial charge in [-0.15, -0.1) is 0 Å². The van der Waals surface area contributed by atoms with E-state index in [9.17, 15) is 5.11 Å². The van der Waals surface area contributed by atoms with Crippen molar-refractivity contribution in [3.05, 3.63) is 42.1 Å². The summed E-state index contributed by atoms with van der Waals surface area (Å²) in [5, 5.41) is 11.6. The third-order valence-electron chi connectivity index (χ3n) is 3.03. The van der Waals surface area contributed by atoms with Crippen LogP contribution in [-0.2, 0) is 5.60 Å². The van der Waals surface area contributed by atoms with Crippen LogP contribution in [0.2, 0.25) is 0 Å². The van der Waals surface area contributed by atoms with Crippen molar-refractivity contribution in [2.75, 3.05) is 0 Å². The van der Waals surface area contributed by atoms with E-state index in [-0.39, 0.29) is 0 Å². The molecule has 1 heterocycles. The van der Waals surface area contributed by atoms with Gasteiger partial charge in [-0.1, -0.05) is 32.0 Å². The number of fused-ring (bicyclic) bond motifs is 1. The average Bonchev–Trinajstić information content (AvgIpc) is 2.26. The number of pyridine rings is 1. The van der Waals surface area contributed by atoms with Crippen molar-refractivity contribution in [2.24, 2.45) is 5.92 Å². The Morgan fingerprint density at radius 3 is 2.76 bits per heavy atom. The number of aliphatic hydroxyl groups is 1. The molecule has 0 radical (unpaired) electrons. The molecule has 0 aliphatic rings. The number of aromatic nitrogens is 1. The second-order valence-corrected chi connectivity index (χ2v) is 5.28. The number of rotatable bonds is 3. The van der Waals surface area contributed by atoms with Gasteiger partial charge in [0.2, 0.25) is 0 Å². The van der Waals surface area contributed by atoms with Crippen LogP contribution in [0.1, 0.15) is 32.8 Å². The van der Waals surface area contributed by atoms with E-state index in [0.717, 1.165) is 22.9 Å². The van der Waals surface area contributed by atoms with Gasteiger partial charge in [0.05, 0.1) is 11.1 Å². The van der Waals surface area contributed by atoms with Gasteiger partial charge in [-0.3, -0.25) is 4.98 Å². The predicted molar refractivity (Wildman–Crippen MR) is 70.8 cm³/mol. The molecular formula is C15H19NO. The molecule has 0 fully saturated rings. The van der Waals surface area contributed by atoms with Crippen molar-refractivity contribution in [1.29, 1.82) is 0 Å². The van der Waals surface area contributed by atoms with Crippen LogP contribution >= 0.6 is 0 Å². The first-order chi connectivity index (χ1) is 7.99. The first kappa shape index (κ1) is 12.1. The van der Waals surface area contributed by atoms with E-state index < -0.39 is 5.60 Å². The minimum absolute atomic E-state index is 0.462. The van der Waals surface area contributed by atoms with Gasteiger partial charge in [0.15, 0.2) is 0 Å². The molecule has 1 aromatic carbocycles. The third kappa shape index (κ3) is 2.64. The van der Waals surface area contributed by atoms with Crippen molar-refractivity contribution < 1.29 is 5.11 Å². The van der Waals surface area contributed by atoms with Gasteiger partial charge in [0.25, 0.3) is 0 Å². The minimum atomic E-state index is -0.778. The highest BCUT2D eigenvalue weighted by Gasteiger charge is 2.24. The van der Waals surface area contributed by atoms with Crippen molar-refractivity contribution in [2.45, 2.75) is 32.8 Å². The molecule has 0 saturated carbocycles. The van der Waals surface area contributed by atoms with Crippen molar-refractivity contribution in [1.82, 2.24) is 4.98 Å². The van der Waals surface area contributed by atoms with Gasteiger partial charge < -0.3 is 5.11 Å². The zero-order valence-electron chi connectivity index (χ0n) is 10.6. The molecule has 1 atom stereocenters. The largest absolute Gasteiger partial charge is 0.385 e. The molecule has 2 rings (SSSR count). The van der Waals surface area contributed by atoms with Gasteiger partial charge in [-0.05, 0) is 37.0 Å². The second kappa shape index (κ2) is 4.46. The fourth-order valence-electron chi connectivity index (χ4n) is 2.31. The lowest BCUT2D eigenvalue weighted by atomic mass is 9.87. The maximum atomic E-state index is 10.5. The van der Waals surface area contributed by atoms with E-state index >= 15 is 0 Å². The van der Waals surface area contributed by atoms with Crippen molar-refractivity contribution >= 4 is 10.9 Å². The van der Waals surface area contributed by atoms with E-state index in [0.29, 0.717) is 5.92 Å². The van der Waals surface area contributed by atoms with Gasteiger partial charge >= 0.3 is 0 Å². The predicted octanol–water partition coefficient (Wildman–Crippen LogP) is 3.49. The maximum Gasteiger partial charge on any atom is 0.0871 e. The second-order valence-electron chi connectivity index (χ2n) is 5.28. The molecule has 1 unspecified atom stereocenters. The van der Waals surface area contributed by atoms with Gasteiger partial charge in [-0.25, -0.2) is 0 Å². The lowest BCUT2D eigenvalue weighted by Gasteiger charge is -2.26. The smallest absolute Gasteiger partial charge is 0.0871 e. The summed E-state index contributed by atoms with van der Waals surface area (Å²) in [6.45, 7) is 6.11. The van der Waals surface area contributed by atoms with E-state index in [1.807, 2.05) is 37.3 Å². The monoisotopic (exact) mass is 229 g/mol. The Labute approximate surface area is 102 Å². The molecular weight excluding hydrogens is 210 g/mol. The minimum Gasteiger partial charge on any atom is -0.385 e.